The van der Waals surface area contributed by atoms with Crippen molar-refractivity contribution in [3.8, 4) is 0 Å². The van der Waals surface area contributed by atoms with E-state index in [9.17, 15) is 14.4 Å². The summed E-state index contributed by atoms with van der Waals surface area (Å²) in [5.41, 5.74) is -2.60. The van der Waals surface area contributed by atoms with E-state index in [-0.39, 0.29) is 5.52 Å². The van der Waals surface area contributed by atoms with Crippen LogP contribution in [0.4, 0.5) is 0 Å². The Hall–Kier alpha value is -1.88. The van der Waals surface area contributed by atoms with Crippen LogP contribution in [0.3, 0.4) is 0 Å². The van der Waals surface area contributed by atoms with Crippen LogP contribution >= 0.6 is 11.8 Å². The van der Waals surface area contributed by atoms with Gasteiger partial charge in [0.25, 0.3) is 0 Å². The molecule has 0 spiro atoms. The van der Waals surface area contributed by atoms with Gasteiger partial charge in [0, 0.05) is 11.8 Å². The number of rotatable bonds is 0. The van der Waals surface area contributed by atoms with Gasteiger partial charge in [-0.3, -0.25) is 14.4 Å². The zero-order valence-electron chi connectivity index (χ0n) is 7.36. The number of aromatic amines is 1. The van der Waals surface area contributed by atoms with E-state index in [0.29, 0.717) is 9.60 Å². The van der Waals surface area contributed by atoms with E-state index in [2.05, 4.69) is 4.98 Å². The average molecular weight is 225 g/mol. The molecule has 0 aliphatic carbocycles. The van der Waals surface area contributed by atoms with Gasteiger partial charge in [-0.2, -0.15) is 0 Å². The molecule has 0 radical (unpaired) electrons. The van der Waals surface area contributed by atoms with Crippen molar-refractivity contribution in [3.63, 3.8) is 0 Å². The third kappa shape index (κ3) is 1.46. The fraction of sp³-hybridized carbons (Fsp3) is 0. The highest BCUT2D eigenvalue weighted by Crippen LogP contribution is 2.06. The van der Waals surface area contributed by atoms with Crippen LogP contribution in [0.2, 0.25) is 0 Å². The number of nitrogens with one attached hydrogen (secondary N) is 1. The van der Waals surface area contributed by atoms with Gasteiger partial charge in [-0.05, 0) is 12.1 Å². The SMILES string of the molecule is O=c1[nH]c2ccccc2n(Cl)c(=O)c1=O. The third-order valence-electron chi connectivity index (χ3n) is 1.94. The normalized spacial score (nSPS) is 10.5. The summed E-state index contributed by atoms with van der Waals surface area (Å²) in [6.45, 7) is 0. The number of nitrogens with zero attached hydrogens (tertiary/aromatic N) is 1. The van der Waals surface area contributed by atoms with E-state index in [1.165, 1.54) is 6.07 Å². The predicted octanol–water partition coefficient (Wildman–Crippen LogP) is 0.0519. The molecular formula is C9H5ClN2O3. The van der Waals surface area contributed by atoms with Crippen LogP contribution in [0.15, 0.2) is 38.6 Å². The zero-order chi connectivity index (χ0) is 11.0. The largest absolute Gasteiger partial charge is 0.319 e. The van der Waals surface area contributed by atoms with Crippen LogP contribution in [0.5, 0.6) is 0 Å². The Morgan fingerprint density at radius 3 is 2.53 bits per heavy atom. The van der Waals surface area contributed by atoms with Crippen molar-refractivity contribution < 1.29 is 0 Å². The summed E-state index contributed by atoms with van der Waals surface area (Å²) in [5.74, 6) is 0. The van der Waals surface area contributed by atoms with Gasteiger partial charge >= 0.3 is 16.5 Å². The van der Waals surface area contributed by atoms with Crippen LogP contribution in [0.1, 0.15) is 0 Å². The molecule has 0 aliphatic heterocycles. The maximum Gasteiger partial charge on any atom is 0.319 e. The Labute approximate surface area is 87.7 Å². The van der Waals surface area contributed by atoms with Crippen molar-refractivity contribution in [2.24, 2.45) is 0 Å². The second-order valence-electron chi connectivity index (χ2n) is 2.89. The summed E-state index contributed by atoms with van der Waals surface area (Å²) in [6.07, 6.45) is 0. The Balaban J connectivity index is 3.28. The number of H-pyrrole nitrogens is 1. The molecule has 6 heteroatoms. The molecule has 0 atom stereocenters. The first-order valence-electron chi connectivity index (χ1n) is 4.06. The molecule has 1 aromatic heterocycles. The standard InChI is InChI=1S/C9H5ClN2O3/c10-12-6-4-2-1-3-5(6)11-8(14)7(13)9(12)15/h1-4H,(H,11,14). The third-order valence-corrected chi connectivity index (χ3v) is 2.28. The molecule has 15 heavy (non-hydrogen) atoms. The molecule has 0 aliphatic rings. The number of halogens is 1. The summed E-state index contributed by atoms with van der Waals surface area (Å²) in [5, 5.41) is 0. The minimum Gasteiger partial charge on any atom is -0.317 e. The van der Waals surface area contributed by atoms with Crippen molar-refractivity contribution in [1.29, 1.82) is 0 Å². The monoisotopic (exact) mass is 224 g/mol. The van der Waals surface area contributed by atoms with Gasteiger partial charge in [-0.1, -0.05) is 12.1 Å². The predicted molar refractivity (Wildman–Crippen MR) is 56.3 cm³/mol. The van der Waals surface area contributed by atoms with E-state index in [1.807, 2.05) is 0 Å². The average Bonchev–Trinajstić information content (AvgIpc) is 2.32. The molecule has 2 aromatic rings. The van der Waals surface area contributed by atoms with Crippen molar-refractivity contribution in [3.05, 3.63) is 55.2 Å². The van der Waals surface area contributed by atoms with Gasteiger partial charge in [-0.15, -0.1) is 0 Å². The first-order valence-corrected chi connectivity index (χ1v) is 4.39. The van der Waals surface area contributed by atoms with Crippen LogP contribution in [0.25, 0.3) is 11.0 Å². The van der Waals surface area contributed by atoms with Gasteiger partial charge in [-0.25, -0.2) is 4.09 Å². The summed E-state index contributed by atoms with van der Waals surface area (Å²) >= 11 is 5.63. The molecular weight excluding hydrogens is 220 g/mol. The van der Waals surface area contributed by atoms with Gasteiger partial charge < -0.3 is 4.98 Å². The maximum absolute atomic E-state index is 11.3. The molecule has 1 N–H and O–H groups in total. The lowest BCUT2D eigenvalue weighted by Crippen LogP contribution is -2.38. The second-order valence-corrected chi connectivity index (χ2v) is 3.22. The molecule has 0 fully saturated rings. The molecule has 0 saturated heterocycles. The number of aromatic nitrogens is 2. The van der Waals surface area contributed by atoms with E-state index >= 15 is 0 Å². The quantitative estimate of drug-likeness (QED) is 0.643. The Bertz CT molecular complexity index is 702. The highest BCUT2D eigenvalue weighted by atomic mass is 35.5. The molecule has 5 nitrogen and oxygen atoms in total. The molecule has 0 bridgehead atoms. The van der Waals surface area contributed by atoms with Gasteiger partial charge in [0.2, 0.25) is 0 Å². The lowest BCUT2D eigenvalue weighted by Gasteiger charge is -1.93. The lowest BCUT2D eigenvalue weighted by atomic mass is 10.3. The van der Waals surface area contributed by atoms with Crippen molar-refractivity contribution in [1.82, 2.24) is 9.07 Å². The van der Waals surface area contributed by atoms with Crippen LogP contribution < -0.4 is 16.5 Å². The number of hydrogen-bond donors (Lipinski definition) is 1. The molecule has 0 saturated carbocycles. The maximum atomic E-state index is 11.3. The van der Waals surface area contributed by atoms with Crippen molar-refractivity contribution in [2.45, 2.75) is 0 Å². The van der Waals surface area contributed by atoms with Crippen molar-refractivity contribution >= 4 is 22.8 Å². The van der Waals surface area contributed by atoms with E-state index < -0.39 is 16.5 Å². The fourth-order valence-electron chi connectivity index (χ4n) is 1.23. The molecule has 0 unspecified atom stereocenters. The van der Waals surface area contributed by atoms with E-state index in [1.54, 1.807) is 18.2 Å². The van der Waals surface area contributed by atoms with Crippen LogP contribution in [-0.2, 0) is 0 Å². The Kier molecular flexibility index (Phi) is 2.17. The number of fused-ring (bicyclic) bond motifs is 1. The van der Waals surface area contributed by atoms with Gasteiger partial charge in [0.1, 0.15) is 0 Å². The first kappa shape index (κ1) is 9.67. The van der Waals surface area contributed by atoms with Crippen LogP contribution in [0, 0.1) is 0 Å². The molecule has 2 rings (SSSR count). The summed E-state index contributed by atoms with van der Waals surface area (Å²) in [7, 11) is 0. The van der Waals surface area contributed by atoms with Crippen LogP contribution in [-0.4, -0.2) is 9.07 Å². The highest BCUT2D eigenvalue weighted by molar-refractivity contribution is 6.18. The second kappa shape index (κ2) is 3.36. The summed E-state index contributed by atoms with van der Waals surface area (Å²) in [4.78, 5) is 35.9. The molecule has 76 valence electrons. The summed E-state index contributed by atoms with van der Waals surface area (Å²) < 4.78 is 0.634. The van der Waals surface area contributed by atoms with Crippen molar-refractivity contribution in [2.75, 3.05) is 0 Å². The Morgan fingerprint density at radius 2 is 1.80 bits per heavy atom. The van der Waals surface area contributed by atoms with E-state index in [4.69, 9.17) is 11.8 Å². The molecule has 1 heterocycles. The smallest absolute Gasteiger partial charge is 0.317 e. The number of hydrogen-bond acceptors (Lipinski definition) is 3. The minimum absolute atomic E-state index is 0.281. The highest BCUT2D eigenvalue weighted by Gasteiger charge is 2.05. The topological polar surface area (TPSA) is 71.9 Å². The fourth-order valence-corrected chi connectivity index (χ4v) is 1.45. The minimum atomic E-state index is -1.18. The Morgan fingerprint density at radius 1 is 1.13 bits per heavy atom. The number of benzene rings is 1. The molecule has 1 aromatic carbocycles. The summed E-state index contributed by atoms with van der Waals surface area (Å²) in [6, 6.07) is 6.38. The van der Waals surface area contributed by atoms with Gasteiger partial charge in [0.15, 0.2) is 0 Å². The van der Waals surface area contributed by atoms with E-state index in [0.717, 1.165) is 0 Å². The lowest BCUT2D eigenvalue weighted by molar-refractivity contribution is 1.16. The first-order chi connectivity index (χ1) is 7.11. The molecule has 0 amide bonds. The van der Waals surface area contributed by atoms with Gasteiger partial charge in [0.05, 0.1) is 11.0 Å². The number of para-hydroxylation sites is 2. The zero-order valence-corrected chi connectivity index (χ0v) is 8.12.